The van der Waals surface area contributed by atoms with E-state index in [1.165, 1.54) is 5.56 Å². The van der Waals surface area contributed by atoms with Crippen molar-refractivity contribution in [1.29, 1.82) is 0 Å². The van der Waals surface area contributed by atoms with E-state index in [-0.39, 0.29) is 0 Å². The molecule has 0 amide bonds. The summed E-state index contributed by atoms with van der Waals surface area (Å²) < 4.78 is 1.82. The van der Waals surface area contributed by atoms with Crippen LogP contribution in [0.15, 0.2) is 30.6 Å². The Hall–Kier alpha value is -1.97. The molecule has 0 unspecified atom stereocenters. The third-order valence-electron chi connectivity index (χ3n) is 2.78. The van der Waals surface area contributed by atoms with Crippen LogP contribution in [0.4, 0.5) is 11.4 Å². The Morgan fingerprint density at radius 2 is 2.24 bits per heavy atom. The zero-order chi connectivity index (χ0) is 12.3. The molecule has 2 rings (SSSR count). The highest BCUT2D eigenvalue weighted by Crippen LogP contribution is 2.16. The number of nitrogens with two attached hydrogens (primary N) is 1. The topological polar surface area (TPSA) is 55.9 Å². The van der Waals surface area contributed by atoms with Gasteiger partial charge in [-0.15, -0.1) is 0 Å². The van der Waals surface area contributed by atoms with Gasteiger partial charge in [0.2, 0.25) is 0 Å². The molecule has 90 valence electrons. The number of anilines is 2. The largest absolute Gasteiger partial charge is 0.398 e. The van der Waals surface area contributed by atoms with Crippen LogP contribution >= 0.6 is 0 Å². The summed E-state index contributed by atoms with van der Waals surface area (Å²) in [6, 6.07) is 6.05. The zero-order valence-corrected chi connectivity index (χ0v) is 10.3. The van der Waals surface area contributed by atoms with Gasteiger partial charge in [0, 0.05) is 31.2 Å². The van der Waals surface area contributed by atoms with Crippen LogP contribution in [-0.2, 0) is 13.5 Å². The minimum Gasteiger partial charge on any atom is -0.398 e. The number of aryl methyl sites for hydroxylation is 2. The number of aromatic nitrogens is 2. The maximum Gasteiger partial charge on any atom is 0.0522 e. The Labute approximate surface area is 101 Å². The Balaban J connectivity index is 1.87. The fraction of sp³-hybridized carbons (Fsp3) is 0.308. The average Bonchev–Trinajstić information content (AvgIpc) is 2.70. The van der Waals surface area contributed by atoms with E-state index in [0.29, 0.717) is 0 Å². The van der Waals surface area contributed by atoms with E-state index in [4.69, 9.17) is 5.73 Å². The number of hydrogen-bond acceptors (Lipinski definition) is 3. The van der Waals surface area contributed by atoms with Crippen molar-refractivity contribution in [3.05, 3.63) is 41.7 Å². The molecule has 0 spiro atoms. The van der Waals surface area contributed by atoms with E-state index in [1.807, 2.05) is 43.2 Å². The van der Waals surface area contributed by atoms with Gasteiger partial charge in [-0.2, -0.15) is 5.10 Å². The molecule has 3 N–H and O–H groups in total. The standard InChI is InChI=1S/C13H18N4/c1-10-3-4-12(7-13(10)14)15-6-5-11-8-16-17(2)9-11/h3-4,7-9,15H,5-6,14H2,1-2H3. The molecule has 0 fully saturated rings. The van der Waals surface area contributed by atoms with Crippen LogP contribution in [0, 0.1) is 6.92 Å². The second-order valence-corrected chi connectivity index (χ2v) is 4.27. The molecule has 4 heteroatoms. The second kappa shape index (κ2) is 4.91. The molecule has 0 radical (unpaired) electrons. The van der Waals surface area contributed by atoms with Crippen LogP contribution < -0.4 is 11.1 Å². The predicted molar refractivity (Wildman–Crippen MR) is 71.0 cm³/mol. The van der Waals surface area contributed by atoms with Crippen LogP contribution in [0.2, 0.25) is 0 Å². The van der Waals surface area contributed by atoms with Crippen LogP contribution in [0.1, 0.15) is 11.1 Å². The number of nitrogens with zero attached hydrogens (tertiary/aromatic N) is 2. The summed E-state index contributed by atoms with van der Waals surface area (Å²) in [7, 11) is 1.93. The third-order valence-corrected chi connectivity index (χ3v) is 2.78. The average molecular weight is 230 g/mol. The predicted octanol–water partition coefficient (Wildman–Crippen LogP) is 1.97. The summed E-state index contributed by atoms with van der Waals surface area (Å²) in [6.07, 6.45) is 4.89. The normalized spacial score (nSPS) is 10.5. The quantitative estimate of drug-likeness (QED) is 0.789. The lowest BCUT2D eigenvalue weighted by molar-refractivity contribution is 0.767. The maximum atomic E-state index is 5.85. The molecule has 2 aromatic rings. The minimum absolute atomic E-state index is 0.830. The van der Waals surface area contributed by atoms with Gasteiger partial charge < -0.3 is 11.1 Å². The lowest BCUT2D eigenvalue weighted by atomic mass is 10.2. The number of nitrogens with one attached hydrogen (secondary N) is 1. The van der Waals surface area contributed by atoms with Crippen LogP contribution in [0.5, 0.6) is 0 Å². The fourth-order valence-electron chi connectivity index (χ4n) is 1.70. The van der Waals surface area contributed by atoms with Crippen molar-refractivity contribution in [1.82, 2.24) is 9.78 Å². The number of hydrogen-bond donors (Lipinski definition) is 2. The molecular weight excluding hydrogens is 212 g/mol. The molecule has 0 atom stereocenters. The van der Waals surface area contributed by atoms with Crippen molar-refractivity contribution in [3.8, 4) is 0 Å². The molecule has 0 aliphatic carbocycles. The Bertz CT molecular complexity index is 502. The van der Waals surface area contributed by atoms with Crippen molar-refractivity contribution >= 4 is 11.4 Å². The molecule has 1 heterocycles. The molecule has 0 aliphatic rings. The van der Waals surface area contributed by atoms with Gasteiger partial charge in [0.15, 0.2) is 0 Å². The molecule has 1 aromatic carbocycles. The molecular formula is C13H18N4. The van der Waals surface area contributed by atoms with Gasteiger partial charge in [-0.05, 0) is 36.6 Å². The van der Waals surface area contributed by atoms with Gasteiger partial charge in [-0.3, -0.25) is 4.68 Å². The number of nitrogen functional groups attached to an aromatic ring is 1. The highest BCUT2D eigenvalue weighted by molar-refractivity contribution is 5.58. The lowest BCUT2D eigenvalue weighted by Crippen LogP contribution is -2.05. The summed E-state index contributed by atoms with van der Waals surface area (Å²) in [4.78, 5) is 0. The SMILES string of the molecule is Cc1ccc(NCCc2cnn(C)c2)cc1N. The van der Waals surface area contributed by atoms with Crippen LogP contribution in [0.25, 0.3) is 0 Å². The third kappa shape index (κ3) is 3.00. The summed E-state index contributed by atoms with van der Waals surface area (Å²) >= 11 is 0. The molecule has 17 heavy (non-hydrogen) atoms. The van der Waals surface area contributed by atoms with Crippen molar-refractivity contribution in [2.75, 3.05) is 17.6 Å². The van der Waals surface area contributed by atoms with Gasteiger partial charge in [-0.1, -0.05) is 6.07 Å². The number of rotatable bonds is 4. The van der Waals surface area contributed by atoms with E-state index in [1.54, 1.807) is 0 Å². The first-order valence-corrected chi connectivity index (χ1v) is 5.72. The van der Waals surface area contributed by atoms with Gasteiger partial charge in [-0.25, -0.2) is 0 Å². The van der Waals surface area contributed by atoms with E-state index >= 15 is 0 Å². The monoisotopic (exact) mass is 230 g/mol. The molecule has 0 bridgehead atoms. The van der Waals surface area contributed by atoms with Crippen LogP contribution in [-0.4, -0.2) is 16.3 Å². The molecule has 1 aromatic heterocycles. The Morgan fingerprint density at radius 1 is 1.41 bits per heavy atom. The summed E-state index contributed by atoms with van der Waals surface area (Å²) in [5.41, 5.74) is 10.1. The summed E-state index contributed by atoms with van der Waals surface area (Å²) in [5.74, 6) is 0. The summed E-state index contributed by atoms with van der Waals surface area (Å²) in [6.45, 7) is 2.89. The zero-order valence-electron chi connectivity index (χ0n) is 10.3. The van der Waals surface area contributed by atoms with Gasteiger partial charge in [0.1, 0.15) is 0 Å². The highest BCUT2D eigenvalue weighted by Gasteiger charge is 1.98. The van der Waals surface area contributed by atoms with E-state index in [9.17, 15) is 0 Å². The van der Waals surface area contributed by atoms with E-state index in [2.05, 4.69) is 16.5 Å². The second-order valence-electron chi connectivity index (χ2n) is 4.27. The lowest BCUT2D eigenvalue weighted by Gasteiger charge is -2.07. The highest BCUT2D eigenvalue weighted by atomic mass is 15.2. The van der Waals surface area contributed by atoms with Gasteiger partial charge >= 0.3 is 0 Å². The smallest absolute Gasteiger partial charge is 0.0522 e. The summed E-state index contributed by atoms with van der Waals surface area (Å²) in [5, 5.41) is 7.49. The molecule has 4 nitrogen and oxygen atoms in total. The molecule has 0 aliphatic heterocycles. The van der Waals surface area contributed by atoms with E-state index < -0.39 is 0 Å². The van der Waals surface area contributed by atoms with Gasteiger partial charge in [0.25, 0.3) is 0 Å². The first-order chi connectivity index (χ1) is 8.15. The maximum absolute atomic E-state index is 5.85. The van der Waals surface area contributed by atoms with Gasteiger partial charge in [0.05, 0.1) is 6.20 Å². The Morgan fingerprint density at radius 3 is 2.88 bits per heavy atom. The Kier molecular flexibility index (Phi) is 3.32. The van der Waals surface area contributed by atoms with Crippen molar-refractivity contribution in [2.45, 2.75) is 13.3 Å². The first-order valence-electron chi connectivity index (χ1n) is 5.72. The van der Waals surface area contributed by atoms with E-state index in [0.717, 1.165) is 29.9 Å². The van der Waals surface area contributed by atoms with Crippen molar-refractivity contribution in [2.24, 2.45) is 7.05 Å². The fourth-order valence-corrected chi connectivity index (χ4v) is 1.70. The molecule has 0 saturated heterocycles. The van der Waals surface area contributed by atoms with Crippen molar-refractivity contribution < 1.29 is 0 Å². The minimum atomic E-state index is 0.830. The van der Waals surface area contributed by atoms with Crippen LogP contribution in [0.3, 0.4) is 0 Å². The first kappa shape index (κ1) is 11.5. The van der Waals surface area contributed by atoms with Crippen molar-refractivity contribution in [3.63, 3.8) is 0 Å². The number of benzene rings is 1. The molecule has 0 saturated carbocycles.